The van der Waals surface area contributed by atoms with E-state index in [2.05, 4.69) is 5.32 Å². The van der Waals surface area contributed by atoms with Gasteiger partial charge in [0.25, 0.3) is 0 Å². The Morgan fingerprint density at radius 1 is 1.55 bits per heavy atom. The van der Waals surface area contributed by atoms with Crippen LogP contribution in [0.5, 0.6) is 0 Å². The fourth-order valence-electron chi connectivity index (χ4n) is 0.861. The number of hydrogen-bond acceptors (Lipinski definition) is 2. The lowest BCUT2D eigenvalue weighted by Gasteiger charge is -2.14. The van der Waals surface area contributed by atoms with E-state index < -0.39 is 0 Å². The molecule has 11 heavy (non-hydrogen) atoms. The van der Waals surface area contributed by atoms with E-state index in [1.54, 1.807) is 0 Å². The molecular formula is C8H18N2O. The maximum Gasteiger partial charge on any atom is 0.224 e. The molecule has 0 saturated heterocycles. The summed E-state index contributed by atoms with van der Waals surface area (Å²) in [5.74, 6) is 0.0578. The summed E-state index contributed by atoms with van der Waals surface area (Å²) in [6.07, 6.45) is 0.815. The lowest BCUT2D eigenvalue weighted by Crippen LogP contribution is -2.38. The van der Waals surface area contributed by atoms with Gasteiger partial charge in [-0.3, -0.25) is 4.79 Å². The van der Waals surface area contributed by atoms with Crippen molar-refractivity contribution >= 4 is 5.91 Å². The minimum atomic E-state index is -0.0163. The van der Waals surface area contributed by atoms with Crippen molar-refractivity contribution in [3.63, 3.8) is 0 Å². The molecule has 1 amide bonds. The zero-order chi connectivity index (χ0) is 8.85. The second-order valence-electron chi connectivity index (χ2n) is 3.00. The third-order valence-electron chi connectivity index (χ3n) is 1.58. The number of nitrogens with one attached hydrogen (secondary N) is 1. The molecule has 0 fully saturated rings. The van der Waals surface area contributed by atoms with Gasteiger partial charge >= 0.3 is 0 Å². The largest absolute Gasteiger partial charge is 0.354 e. The van der Waals surface area contributed by atoms with Gasteiger partial charge in [-0.1, -0.05) is 6.92 Å². The molecule has 0 rings (SSSR count). The molecule has 0 aromatic carbocycles. The Bertz CT molecular complexity index is 119. The lowest BCUT2D eigenvalue weighted by molar-refractivity contribution is -0.125. The zero-order valence-corrected chi connectivity index (χ0v) is 7.55. The highest BCUT2D eigenvalue weighted by atomic mass is 16.1. The Morgan fingerprint density at radius 2 is 2.09 bits per heavy atom. The topological polar surface area (TPSA) is 55.1 Å². The summed E-state index contributed by atoms with van der Waals surface area (Å²) in [7, 11) is 0. The summed E-state index contributed by atoms with van der Waals surface area (Å²) in [5.41, 5.74) is 5.40. The first kappa shape index (κ1) is 10.4. The Kier molecular flexibility index (Phi) is 4.86. The predicted molar refractivity (Wildman–Crippen MR) is 46.1 cm³/mol. The number of amides is 1. The highest BCUT2D eigenvalue weighted by Gasteiger charge is 2.14. The van der Waals surface area contributed by atoms with Gasteiger partial charge in [0.05, 0.1) is 0 Å². The van der Waals surface area contributed by atoms with Crippen molar-refractivity contribution in [2.45, 2.75) is 33.2 Å². The number of rotatable bonds is 4. The second-order valence-corrected chi connectivity index (χ2v) is 3.00. The number of nitrogens with two attached hydrogens (primary N) is 1. The van der Waals surface area contributed by atoms with Gasteiger partial charge in [0.1, 0.15) is 0 Å². The van der Waals surface area contributed by atoms with Gasteiger partial charge in [-0.05, 0) is 20.3 Å². The molecule has 0 saturated carbocycles. The number of carbonyl (C=O) groups is 1. The molecular weight excluding hydrogens is 140 g/mol. The van der Waals surface area contributed by atoms with Crippen LogP contribution in [-0.2, 0) is 4.79 Å². The maximum atomic E-state index is 11.2. The summed E-state index contributed by atoms with van der Waals surface area (Å²) in [6.45, 7) is 6.30. The third-order valence-corrected chi connectivity index (χ3v) is 1.58. The van der Waals surface area contributed by atoms with Crippen LogP contribution in [0.3, 0.4) is 0 Å². The normalized spacial score (nSPS) is 13.2. The van der Waals surface area contributed by atoms with E-state index in [4.69, 9.17) is 5.73 Å². The van der Waals surface area contributed by atoms with Crippen LogP contribution in [0.1, 0.15) is 27.2 Å². The summed E-state index contributed by atoms with van der Waals surface area (Å²) in [5, 5.41) is 2.83. The zero-order valence-electron chi connectivity index (χ0n) is 7.55. The molecule has 0 aliphatic rings. The van der Waals surface area contributed by atoms with E-state index in [1.807, 2.05) is 20.8 Å². The third kappa shape index (κ3) is 3.98. The van der Waals surface area contributed by atoms with Crippen LogP contribution in [0.25, 0.3) is 0 Å². The first-order valence-electron chi connectivity index (χ1n) is 4.12. The van der Waals surface area contributed by atoms with Gasteiger partial charge in [-0.2, -0.15) is 0 Å². The monoisotopic (exact) mass is 158 g/mol. The van der Waals surface area contributed by atoms with E-state index in [9.17, 15) is 4.79 Å². The van der Waals surface area contributed by atoms with Gasteiger partial charge in [0.15, 0.2) is 0 Å². The van der Waals surface area contributed by atoms with Gasteiger partial charge in [0, 0.05) is 18.5 Å². The predicted octanol–water partition coefficient (Wildman–Crippen LogP) is 0.496. The van der Waals surface area contributed by atoms with Crippen LogP contribution in [-0.4, -0.2) is 18.5 Å². The lowest BCUT2D eigenvalue weighted by atomic mass is 10.1. The summed E-state index contributed by atoms with van der Waals surface area (Å²) in [4.78, 5) is 11.2. The molecule has 3 N–H and O–H groups in total. The van der Waals surface area contributed by atoms with E-state index in [-0.39, 0.29) is 17.9 Å². The molecule has 1 atom stereocenters. The maximum absolute atomic E-state index is 11.2. The van der Waals surface area contributed by atoms with E-state index in [1.165, 1.54) is 0 Å². The van der Waals surface area contributed by atoms with Gasteiger partial charge < -0.3 is 11.1 Å². The van der Waals surface area contributed by atoms with Crippen LogP contribution >= 0.6 is 0 Å². The van der Waals surface area contributed by atoms with E-state index in [0.29, 0.717) is 6.54 Å². The van der Waals surface area contributed by atoms with E-state index in [0.717, 1.165) is 6.42 Å². The van der Waals surface area contributed by atoms with Crippen LogP contribution in [0.15, 0.2) is 0 Å². The van der Waals surface area contributed by atoms with Crippen LogP contribution in [0.4, 0.5) is 0 Å². The fourth-order valence-corrected chi connectivity index (χ4v) is 0.861. The molecule has 0 aromatic heterocycles. The summed E-state index contributed by atoms with van der Waals surface area (Å²) in [6, 6.07) is 0.211. The molecule has 0 radical (unpaired) electrons. The number of hydrogen-bond donors (Lipinski definition) is 2. The van der Waals surface area contributed by atoms with Crippen LogP contribution in [0, 0.1) is 5.92 Å². The van der Waals surface area contributed by atoms with Crippen molar-refractivity contribution in [1.29, 1.82) is 0 Å². The highest BCUT2D eigenvalue weighted by molar-refractivity contribution is 5.79. The van der Waals surface area contributed by atoms with Crippen molar-refractivity contribution in [2.75, 3.05) is 6.54 Å². The summed E-state index contributed by atoms with van der Waals surface area (Å²) < 4.78 is 0. The van der Waals surface area contributed by atoms with Crippen molar-refractivity contribution in [1.82, 2.24) is 5.32 Å². The van der Waals surface area contributed by atoms with Gasteiger partial charge in [0.2, 0.25) is 5.91 Å². The molecule has 0 spiro atoms. The fraction of sp³-hybridized carbons (Fsp3) is 0.875. The van der Waals surface area contributed by atoms with Crippen LogP contribution in [0.2, 0.25) is 0 Å². The van der Waals surface area contributed by atoms with Crippen LogP contribution < -0.4 is 11.1 Å². The smallest absolute Gasteiger partial charge is 0.224 e. The SMILES string of the molecule is CCC(CN)C(=O)NC(C)C. The number of carbonyl (C=O) groups excluding carboxylic acids is 1. The van der Waals surface area contributed by atoms with Gasteiger partial charge in [-0.25, -0.2) is 0 Å². The van der Waals surface area contributed by atoms with E-state index >= 15 is 0 Å². The minimum absolute atomic E-state index is 0.0163. The molecule has 3 heteroatoms. The van der Waals surface area contributed by atoms with Crippen molar-refractivity contribution in [3.05, 3.63) is 0 Å². The standard InChI is InChI=1S/C8H18N2O/c1-4-7(5-9)8(11)10-6(2)3/h6-7H,4-5,9H2,1-3H3,(H,10,11). The first-order valence-corrected chi connectivity index (χ1v) is 4.12. The Morgan fingerprint density at radius 3 is 2.36 bits per heavy atom. The molecule has 3 nitrogen and oxygen atoms in total. The molecule has 0 heterocycles. The van der Waals surface area contributed by atoms with Crippen molar-refractivity contribution in [3.8, 4) is 0 Å². The molecule has 0 aromatic rings. The average molecular weight is 158 g/mol. The van der Waals surface area contributed by atoms with Gasteiger partial charge in [-0.15, -0.1) is 0 Å². The second kappa shape index (κ2) is 5.13. The highest BCUT2D eigenvalue weighted by Crippen LogP contribution is 1.99. The molecule has 66 valence electrons. The molecule has 0 aliphatic carbocycles. The minimum Gasteiger partial charge on any atom is -0.354 e. The average Bonchev–Trinajstić information content (AvgIpc) is 1.88. The van der Waals surface area contributed by atoms with Crippen molar-refractivity contribution in [2.24, 2.45) is 11.7 Å². The quantitative estimate of drug-likeness (QED) is 0.626. The first-order chi connectivity index (χ1) is 5.11. The molecule has 1 unspecified atom stereocenters. The molecule has 0 aliphatic heterocycles. The Labute approximate surface area is 68.3 Å². The Balaban J connectivity index is 3.79. The summed E-state index contributed by atoms with van der Waals surface area (Å²) >= 11 is 0. The van der Waals surface area contributed by atoms with Crippen molar-refractivity contribution < 1.29 is 4.79 Å². The molecule has 0 bridgehead atoms. The Hall–Kier alpha value is -0.570.